The van der Waals surface area contributed by atoms with Crippen LogP contribution in [0.4, 0.5) is 15.8 Å². The molecule has 6 heteroatoms. The molecule has 0 unspecified atom stereocenters. The maximum absolute atomic E-state index is 12.8. The van der Waals surface area contributed by atoms with Crippen LogP contribution in [0.15, 0.2) is 42.5 Å². The lowest BCUT2D eigenvalue weighted by atomic mass is 10.2. The highest BCUT2D eigenvalue weighted by Gasteiger charge is 2.14. The minimum atomic E-state index is -0.369. The molecule has 2 rings (SSSR count). The van der Waals surface area contributed by atoms with Crippen LogP contribution in [-0.2, 0) is 9.59 Å². The third kappa shape index (κ3) is 4.80. The summed E-state index contributed by atoms with van der Waals surface area (Å²) in [6, 6.07) is 10.8. The van der Waals surface area contributed by atoms with Gasteiger partial charge in [0.05, 0.1) is 0 Å². The molecule has 0 bridgehead atoms. The van der Waals surface area contributed by atoms with E-state index in [0.29, 0.717) is 16.4 Å². The number of benzene rings is 2. The van der Waals surface area contributed by atoms with Gasteiger partial charge < -0.3 is 10.2 Å². The van der Waals surface area contributed by atoms with Crippen molar-refractivity contribution in [3.63, 3.8) is 0 Å². The fourth-order valence-electron chi connectivity index (χ4n) is 2.19. The fraction of sp³-hybridized carbons (Fsp3) is 0.222. The van der Waals surface area contributed by atoms with Crippen LogP contribution in [0.25, 0.3) is 0 Å². The minimum absolute atomic E-state index is 0.114. The van der Waals surface area contributed by atoms with E-state index in [9.17, 15) is 14.0 Å². The first kappa shape index (κ1) is 17.9. The molecular formula is C18H18ClFN2O2. The molecule has 24 heavy (non-hydrogen) atoms. The molecule has 2 aromatic carbocycles. The number of nitrogens with one attached hydrogen (secondary N) is 1. The van der Waals surface area contributed by atoms with Gasteiger partial charge in [0.15, 0.2) is 0 Å². The Kier molecular flexibility index (Phi) is 5.93. The van der Waals surface area contributed by atoms with Gasteiger partial charge in [0, 0.05) is 36.3 Å². The summed E-state index contributed by atoms with van der Waals surface area (Å²) < 4.78 is 12.8. The van der Waals surface area contributed by atoms with Crippen molar-refractivity contribution >= 4 is 34.8 Å². The lowest BCUT2D eigenvalue weighted by molar-refractivity contribution is -0.117. The zero-order valence-corrected chi connectivity index (χ0v) is 14.2. The summed E-state index contributed by atoms with van der Waals surface area (Å²) in [7, 11) is 0. The number of hydrogen-bond acceptors (Lipinski definition) is 2. The summed E-state index contributed by atoms with van der Waals surface area (Å²) in [5.41, 5.74) is 2.07. The molecule has 0 aliphatic rings. The van der Waals surface area contributed by atoms with Crippen molar-refractivity contribution in [1.29, 1.82) is 0 Å². The Morgan fingerprint density at radius 3 is 2.42 bits per heavy atom. The van der Waals surface area contributed by atoms with Gasteiger partial charge >= 0.3 is 0 Å². The minimum Gasteiger partial charge on any atom is -0.326 e. The monoisotopic (exact) mass is 348 g/mol. The molecule has 126 valence electrons. The molecule has 0 aliphatic carbocycles. The summed E-state index contributed by atoms with van der Waals surface area (Å²) in [5, 5.41) is 3.23. The first-order chi connectivity index (χ1) is 11.4. The first-order valence-corrected chi connectivity index (χ1v) is 7.84. The summed E-state index contributed by atoms with van der Waals surface area (Å²) in [6.07, 6.45) is 0.114. The third-order valence-electron chi connectivity index (χ3n) is 3.54. The van der Waals surface area contributed by atoms with Gasteiger partial charge in [-0.1, -0.05) is 17.7 Å². The molecule has 2 aromatic rings. The summed E-state index contributed by atoms with van der Waals surface area (Å²) in [4.78, 5) is 25.4. The number of aryl methyl sites for hydroxylation is 1. The van der Waals surface area contributed by atoms with Crippen molar-refractivity contribution in [1.82, 2.24) is 0 Å². The number of nitrogens with zero attached hydrogens (tertiary/aromatic N) is 1. The number of carbonyl (C=O) groups excluding carboxylic acids is 2. The van der Waals surface area contributed by atoms with Crippen LogP contribution in [0.5, 0.6) is 0 Å². The van der Waals surface area contributed by atoms with E-state index in [4.69, 9.17) is 11.6 Å². The summed E-state index contributed by atoms with van der Waals surface area (Å²) in [5.74, 6) is -0.803. The van der Waals surface area contributed by atoms with Crippen molar-refractivity contribution in [2.45, 2.75) is 20.3 Å². The highest BCUT2D eigenvalue weighted by molar-refractivity contribution is 6.31. The Bertz CT molecular complexity index is 747. The van der Waals surface area contributed by atoms with Gasteiger partial charge in [-0.2, -0.15) is 0 Å². The van der Waals surface area contributed by atoms with Gasteiger partial charge in [0.1, 0.15) is 5.82 Å². The second kappa shape index (κ2) is 7.93. The number of amides is 2. The van der Waals surface area contributed by atoms with E-state index in [1.807, 2.05) is 13.0 Å². The number of halogens is 2. The molecule has 0 spiro atoms. The van der Waals surface area contributed by atoms with E-state index in [1.54, 1.807) is 12.1 Å². The van der Waals surface area contributed by atoms with Crippen LogP contribution in [-0.4, -0.2) is 18.4 Å². The van der Waals surface area contributed by atoms with Gasteiger partial charge in [0.2, 0.25) is 11.8 Å². The molecule has 0 fully saturated rings. The van der Waals surface area contributed by atoms with Gasteiger partial charge in [0.25, 0.3) is 0 Å². The van der Waals surface area contributed by atoms with Crippen LogP contribution < -0.4 is 10.2 Å². The molecule has 0 atom stereocenters. The quantitative estimate of drug-likeness (QED) is 0.881. The Hall–Kier alpha value is -2.40. The van der Waals surface area contributed by atoms with Crippen LogP contribution >= 0.6 is 11.6 Å². The van der Waals surface area contributed by atoms with Crippen molar-refractivity contribution in [2.24, 2.45) is 0 Å². The molecule has 4 nitrogen and oxygen atoms in total. The van der Waals surface area contributed by atoms with E-state index >= 15 is 0 Å². The van der Waals surface area contributed by atoms with E-state index < -0.39 is 0 Å². The molecule has 1 N–H and O–H groups in total. The molecular weight excluding hydrogens is 331 g/mol. The number of carbonyl (C=O) groups is 2. The van der Waals surface area contributed by atoms with Crippen LogP contribution in [0.3, 0.4) is 0 Å². The lowest BCUT2D eigenvalue weighted by Crippen LogP contribution is -2.32. The normalized spacial score (nSPS) is 10.3. The molecule has 0 saturated heterocycles. The second-order valence-corrected chi connectivity index (χ2v) is 5.82. The van der Waals surface area contributed by atoms with Gasteiger partial charge in [-0.05, 0) is 48.9 Å². The smallest absolute Gasteiger partial charge is 0.226 e. The number of hydrogen-bond donors (Lipinski definition) is 1. The van der Waals surface area contributed by atoms with E-state index in [2.05, 4.69) is 5.32 Å². The second-order valence-electron chi connectivity index (χ2n) is 5.41. The van der Waals surface area contributed by atoms with Crippen molar-refractivity contribution in [2.75, 3.05) is 16.8 Å². The maximum atomic E-state index is 12.8. The highest BCUT2D eigenvalue weighted by atomic mass is 35.5. The zero-order valence-electron chi connectivity index (χ0n) is 13.5. The van der Waals surface area contributed by atoms with Crippen molar-refractivity contribution < 1.29 is 14.0 Å². The molecule has 0 saturated carbocycles. The van der Waals surface area contributed by atoms with E-state index in [-0.39, 0.29) is 30.6 Å². The summed E-state index contributed by atoms with van der Waals surface area (Å²) in [6.45, 7) is 3.54. The van der Waals surface area contributed by atoms with Gasteiger partial charge in [-0.25, -0.2) is 4.39 Å². The Morgan fingerprint density at radius 1 is 1.17 bits per heavy atom. The number of rotatable bonds is 5. The third-order valence-corrected chi connectivity index (χ3v) is 3.94. The SMILES string of the molecule is CC(=O)N(CCC(=O)Nc1ccc(F)cc1)c1ccc(C)c(Cl)c1. The van der Waals surface area contributed by atoms with E-state index in [1.165, 1.54) is 36.1 Å². The Morgan fingerprint density at radius 2 is 1.83 bits per heavy atom. The average Bonchev–Trinajstić information content (AvgIpc) is 2.53. The van der Waals surface area contributed by atoms with Gasteiger partial charge in [-0.3, -0.25) is 9.59 Å². The standard InChI is InChI=1S/C18H18ClFN2O2/c1-12-3-8-16(11-17(12)19)22(13(2)23)10-9-18(24)21-15-6-4-14(20)5-7-15/h3-8,11H,9-10H2,1-2H3,(H,21,24). The van der Waals surface area contributed by atoms with Crippen LogP contribution in [0.1, 0.15) is 18.9 Å². The molecule has 0 heterocycles. The summed E-state index contributed by atoms with van der Waals surface area (Å²) >= 11 is 6.10. The van der Waals surface area contributed by atoms with Crippen molar-refractivity contribution in [3.8, 4) is 0 Å². The largest absolute Gasteiger partial charge is 0.326 e. The lowest BCUT2D eigenvalue weighted by Gasteiger charge is -2.21. The topological polar surface area (TPSA) is 49.4 Å². The van der Waals surface area contributed by atoms with Crippen LogP contribution in [0, 0.1) is 12.7 Å². The zero-order chi connectivity index (χ0) is 17.7. The molecule has 2 amide bonds. The maximum Gasteiger partial charge on any atom is 0.226 e. The van der Waals surface area contributed by atoms with E-state index in [0.717, 1.165) is 5.56 Å². The first-order valence-electron chi connectivity index (χ1n) is 7.46. The Labute approximate surface area is 145 Å². The van der Waals surface area contributed by atoms with Crippen LogP contribution in [0.2, 0.25) is 5.02 Å². The Balaban J connectivity index is 2.00. The average molecular weight is 349 g/mol. The number of anilines is 2. The molecule has 0 aromatic heterocycles. The molecule has 0 aliphatic heterocycles. The predicted molar refractivity (Wildman–Crippen MR) is 93.9 cm³/mol. The fourth-order valence-corrected chi connectivity index (χ4v) is 2.36. The molecule has 0 radical (unpaired) electrons. The predicted octanol–water partition coefficient (Wildman–Crippen LogP) is 4.17. The highest BCUT2D eigenvalue weighted by Crippen LogP contribution is 2.23. The van der Waals surface area contributed by atoms with Crippen molar-refractivity contribution in [3.05, 3.63) is 58.9 Å². The van der Waals surface area contributed by atoms with Gasteiger partial charge in [-0.15, -0.1) is 0 Å².